The van der Waals surface area contributed by atoms with E-state index in [4.69, 9.17) is 11.6 Å². The predicted octanol–water partition coefficient (Wildman–Crippen LogP) is 6.47. The summed E-state index contributed by atoms with van der Waals surface area (Å²) in [5.41, 5.74) is 1.45. The largest absolute Gasteiger partial charge is 0.0843 e. The molecule has 1 aromatic rings. The highest BCUT2D eigenvalue weighted by molar-refractivity contribution is 6.30. The van der Waals surface area contributed by atoms with Crippen LogP contribution >= 0.6 is 11.6 Å². The van der Waals surface area contributed by atoms with Gasteiger partial charge in [-0.2, -0.15) is 0 Å². The highest BCUT2D eigenvalue weighted by atomic mass is 35.5. The molecule has 2 aliphatic carbocycles. The highest BCUT2D eigenvalue weighted by Gasteiger charge is 2.28. The predicted molar refractivity (Wildman–Crippen MR) is 91.5 cm³/mol. The van der Waals surface area contributed by atoms with Crippen LogP contribution in [0.25, 0.3) is 0 Å². The van der Waals surface area contributed by atoms with E-state index in [0.29, 0.717) is 0 Å². The summed E-state index contributed by atoms with van der Waals surface area (Å²) in [7, 11) is 0. The Kier molecular flexibility index (Phi) is 5.63. The second kappa shape index (κ2) is 7.68. The summed E-state index contributed by atoms with van der Waals surface area (Å²) in [6, 6.07) is 8.42. The quantitative estimate of drug-likeness (QED) is 0.597. The van der Waals surface area contributed by atoms with Gasteiger partial charge >= 0.3 is 0 Å². The summed E-state index contributed by atoms with van der Waals surface area (Å²) in [6.07, 6.45) is 16.7. The van der Waals surface area contributed by atoms with Gasteiger partial charge in [-0.25, -0.2) is 0 Å². The molecule has 2 aliphatic rings. The molecule has 0 bridgehead atoms. The molecule has 2 fully saturated rings. The first-order chi connectivity index (χ1) is 10.3. The van der Waals surface area contributed by atoms with Gasteiger partial charge in [-0.1, -0.05) is 36.6 Å². The lowest BCUT2D eigenvalue weighted by Crippen LogP contribution is -2.23. The number of hydrogen-bond acceptors (Lipinski definition) is 0. The van der Waals surface area contributed by atoms with Crippen molar-refractivity contribution in [3.05, 3.63) is 41.3 Å². The Hall–Kier alpha value is -0.490. The monoisotopic (exact) mass is 303 g/mol. The molecule has 0 heterocycles. The summed E-state index contributed by atoms with van der Waals surface area (Å²) in [6.45, 7) is 0. The minimum Gasteiger partial charge on any atom is -0.0843 e. The van der Waals surface area contributed by atoms with E-state index in [-0.39, 0.29) is 0 Å². The maximum absolute atomic E-state index is 5.95. The molecule has 2 saturated carbocycles. The van der Waals surface area contributed by atoms with E-state index in [1.54, 1.807) is 0 Å². The standard InChI is InChI=1S/C20H28Cl/c21-20-14-10-17(11-15-20)7-6-16-8-12-19(13-9-16)18-4-2-1-3-5-18/h1,10-11,14-16,18-19H,2-9,12-13H2/t16-,19-. The van der Waals surface area contributed by atoms with Crippen LogP contribution < -0.4 is 0 Å². The Morgan fingerprint density at radius 3 is 2.10 bits per heavy atom. The third-order valence-corrected chi connectivity index (χ3v) is 6.05. The van der Waals surface area contributed by atoms with E-state index in [0.717, 1.165) is 22.8 Å². The molecule has 1 radical (unpaired) electrons. The van der Waals surface area contributed by atoms with Crippen LogP contribution in [-0.4, -0.2) is 0 Å². The summed E-state index contributed by atoms with van der Waals surface area (Å²) in [5, 5.41) is 0.851. The SMILES string of the molecule is Clc1ccc(CC[C@H]2CC[C@H](C3CC[CH]CC3)CC2)cc1. The second-order valence-electron chi connectivity index (χ2n) is 7.15. The van der Waals surface area contributed by atoms with Gasteiger partial charge in [-0.05, 0) is 93.2 Å². The van der Waals surface area contributed by atoms with Crippen molar-refractivity contribution in [3.63, 3.8) is 0 Å². The van der Waals surface area contributed by atoms with Crippen molar-refractivity contribution in [3.8, 4) is 0 Å². The maximum Gasteiger partial charge on any atom is 0.0406 e. The third kappa shape index (κ3) is 4.49. The molecule has 3 rings (SSSR count). The molecule has 0 unspecified atom stereocenters. The van der Waals surface area contributed by atoms with Crippen molar-refractivity contribution in [1.82, 2.24) is 0 Å². The van der Waals surface area contributed by atoms with Crippen LogP contribution in [0.2, 0.25) is 5.02 Å². The molecule has 0 aromatic heterocycles. The van der Waals surface area contributed by atoms with E-state index in [1.165, 1.54) is 69.8 Å². The lowest BCUT2D eigenvalue weighted by atomic mass is 9.70. The summed E-state index contributed by atoms with van der Waals surface area (Å²) >= 11 is 5.95. The average molecular weight is 304 g/mol. The van der Waals surface area contributed by atoms with Crippen molar-refractivity contribution in [2.24, 2.45) is 17.8 Å². The van der Waals surface area contributed by atoms with Crippen LogP contribution in [0.3, 0.4) is 0 Å². The van der Waals surface area contributed by atoms with Crippen molar-refractivity contribution >= 4 is 11.6 Å². The van der Waals surface area contributed by atoms with Gasteiger partial charge in [-0.3, -0.25) is 0 Å². The zero-order valence-electron chi connectivity index (χ0n) is 13.1. The van der Waals surface area contributed by atoms with Crippen LogP contribution in [0, 0.1) is 24.2 Å². The van der Waals surface area contributed by atoms with Gasteiger partial charge < -0.3 is 0 Å². The first-order valence-electron chi connectivity index (χ1n) is 8.87. The minimum atomic E-state index is 0.851. The van der Waals surface area contributed by atoms with Gasteiger partial charge in [0.15, 0.2) is 0 Å². The molecule has 0 N–H and O–H groups in total. The van der Waals surface area contributed by atoms with E-state index >= 15 is 0 Å². The molecule has 1 heteroatoms. The van der Waals surface area contributed by atoms with Crippen molar-refractivity contribution in [2.45, 2.75) is 64.2 Å². The number of hydrogen-bond donors (Lipinski definition) is 0. The molecule has 0 aliphatic heterocycles. The Bertz CT molecular complexity index is 408. The molecule has 0 saturated heterocycles. The lowest BCUT2D eigenvalue weighted by Gasteiger charge is -2.35. The average Bonchev–Trinajstić information content (AvgIpc) is 2.56. The minimum absolute atomic E-state index is 0.851. The van der Waals surface area contributed by atoms with Gasteiger partial charge in [0.25, 0.3) is 0 Å². The normalized spacial score (nSPS) is 27.7. The van der Waals surface area contributed by atoms with Crippen LogP contribution in [0.1, 0.15) is 63.4 Å². The van der Waals surface area contributed by atoms with Gasteiger partial charge in [0.1, 0.15) is 0 Å². The van der Waals surface area contributed by atoms with Crippen LogP contribution in [0.15, 0.2) is 24.3 Å². The summed E-state index contributed by atoms with van der Waals surface area (Å²) in [4.78, 5) is 0. The third-order valence-electron chi connectivity index (χ3n) is 5.80. The van der Waals surface area contributed by atoms with E-state index in [2.05, 4.69) is 18.6 Å². The van der Waals surface area contributed by atoms with Crippen molar-refractivity contribution in [1.29, 1.82) is 0 Å². The number of aryl methyl sites for hydroxylation is 1. The zero-order chi connectivity index (χ0) is 14.5. The molecule has 0 atom stereocenters. The Morgan fingerprint density at radius 1 is 0.810 bits per heavy atom. The molecule has 21 heavy (non-hydrogen) atoms. The van der Waals surface area contributed by atoms with Crippen LogP contribution in [0.4, 0.5) is 0 Å². The lowest BCUT2D eigenvalue weighted by molar-refractivity contribution is 0.173. The van der Waals surface area contributed by atoms with Crippen molar-refractivity contribution < 1.29 is 0 Å². The molecular formula is C20H28Cl. The molecule has 115 valence electrons. The van der Waals surface area contributed by atoms with E-state index < -0.39 is 0 Å². The second-order valence-corrected chi connectivity index (χ2v) is 7.59. The number of rotatable bonds is 4. The highest BCUT2D eigenvalue weighted by Crippen LogP contribution is 2.40. The fourth-order valence-electron chi connectivity index (χ4n) is 4.39. The van der Waals surface area contributed by atoms with Gasteiger partial charge in [0, 0.05) is 5.02 Å². The first kappa shape index (κ1) is 15.4. The smallest absolute Gasteiger partial charge is 0.0406 e. The Morgan fingerprint density at radius 2 is 1.43 bits per heavy atom. The van der Waals surface area contributed by atoms with Gasteiger partial charge in [0.2, 0.25) is 0 Å². The molecule has 0 amide bonds. The zero-order valence-corrected chi connectivity index (χ0v) is 13.8. The number of halogens is 1. The van der Waals surface area contributed by atoms with Crippen molar-refractivity contribution in [2.75, 3.05) is 0 Å². The Balaban J connectivity index is 1.40. The van der Waals surface area contributed by atoms with Crippen LogP contribution in [0.5, 0.6) is 0 Å². The summed E-state index contributed by atoms with van der Waals surface area (Å²) < 4.78 is 0. The fourth-order valence-corrected chi connectivity index (χ4v) is 4.52. The fraction of sp³-hybridized carbons (Fsp3) is 0.650. The molecular weight excluding hydrogens is 276 g/mol. The topological polar surface area (TPSA) is 0 Å². The van der Waals surface area contributed by atoms with E-state index in [1.807, 2.05) is 12.1 Å². The van der Waals surface area contributed by atoms with Gasteiger partial charge in [-0.15, -0.1) is 0 Å². The summed E-state index contributed by atoms with van der Waals surface area (Å²) in [5.74, 6) is 3.06. The maximum atomic E-state index is 5.95. The Labute approximate surface area is 135 Å². The molecule has 1 aromatic carbocycles. The van der Waals surface area contributed by atoms with Gasteiger partial charge in [0.05, 0.1) is 0 Å². The number of benzene rings is 1. The molecule has 0 spiro atoms. The van der Waals surface area contributed by atoms with Crippen LogP contribution in [-0.2, 0) is 6.42 Å². The van der Waals surface area contributed by atoms with E-state index in [9.17, 15) is 0 Å². The first-order valence-corrected chi connectivity index (χ1v) is 9.25. The molecule has 0 nitrogen and oxygen atoms in total.